The Bertz CT molecular complexity index is 747. The van der Waals surface area contributed by atoms with Crippen LogP contribution in [0.1, 0.15) is 24.4 Å². The maximum atomic E-state index is 12.7. The van der Waals surface area contributed by atoms with E-state index in [4.69, 9.17) is 4.42 Å². The molecule has 9 heteroatoms. The molecular formula is C16H21N5O4. The van der Waals surface area contributed by atoms with Gasteiger partial charge in [0, 0.05) is 26.2 Å². The molecule has 1 aliphatic rings. The van der Waals surface area contributed by atoms with E-state index in [0.717, 1.165) is 25.4 Å². The van der Waals surface area contributed by atoms with Gasteiger partial charge < -0.3 is 19.4 Å². The van der Waals surface area contributed by atoms with Gasteiger partial charge in [0.2, 0.25) is 5.91 Å². The van der Waals surface area contributed by atoms with Crippen molar-refractivity contribution in [2.75, 3.05) is 26.2 Å². The van der Waals surface area contributed by atoms with Gasteiger partial charge in [0.1, 0.15) is 11.8 Å². The van der Waals surface area contributed by atoms with Crippen LogP contribution in [-0.4, -0.2) is 56.6 Å². The maximum Gasteiger partial charge on any atom is 0.390 e. The fraction of sp³-hybridized carbons (Fsp3) is 0.500. The minimum atomic E-state index is -0.565. The number of aryl methyl sites for hydroxylation is 1. The molecule has 0 spiro atoms. The highest BCUT2D eigenvalue weighted by atomic mass is 16.6. The second kappa shape index (κ2) is 7.06. The molecule has 0 aliphatic carbocycles. The van der Waals surface area contributed by atoms with Crippen LogP contribution in [0.4, 0.5) is 5.82 Å². The Hall–Kier alpha value is -2.68. The topological polar surface area (TPSA) is 97.6 Å². The van der Waals surface area contributed by atoms with Crippen molar-refractivity contribution >= 4 is 11.7 Å². The first-order valence-corrected chi connectivity index (χ1v) is 8.20. The molecule has 1 aliphatic heterocycles. The molecule has 1 fully saturated rings. The van der Waals surface area contributed by atoms with Gasteiger partial charge >= 0.3 is 5.82 Å². The lowest BCUT2D eigenvalue weighted by molar-refractivity contribution is -0.389. The molecule has 0 aromatic carbocycles. The summed E-state index contributed by atoms with van der Waals surface area (Å²) >= 11 is 0. The van der Waals surface area contributed by atoms with Crippen LogP contribution in [0.15, 0.2) is 28.9 Å². The van der Waals surface area contributed by atoms with Crippen LogP contribution in [0.3, 0.4) is 0 Å². The van der Waals surface area contributed by atoms with Gasteiger partial charge in [0.05, 0.1) is 29.7 Å². The van der Waals surface area contributed by atoms with Crippen LogP contribution in [-0.2, 0) is 11.3 Å². The SMILES string of the molecule is Cc1cc([N+](=O)[O-])nn1C(C)C(=O)N1CCN(Cc2ccco2)CC1. The lowest BCUT2D eigenvalue weighted by atomic mass is 10.2. The summed E-state index contributed by atoms with van der Waals surface area (Å²) in [6, 6.07) is 4.62. The van der Waals surface area contributed by atoms with Gasteiger partial charge in [-0.05, 0) is 30.9 Å². The molecule has 1 atom stereocenters. The number of rotatable bonds is 5. The van der Waals surface area contributed by atoms with Crippen LogP contribution < -0.4 is 0 Å². The van der Waals surface area contributed by atoms with Crippen molar-refractivity contribution in [1.82, 2.24) is 19.6 Å². The summed E-state index contributed by atoms with van der Waals surface area (Å²) in [6.45, 7) is 6.93. The number of carbonyl (C=O) groups is 1. The summed E-state index contributed by atoms with van der Waals surface area (Å²) in [7, 11) is 0. The van der Waals surface area contributed by atoms with E-state index in [0.29, 0.717) is 18.8 Å². The highest BCUT2D eigenvalue weighted by Gasteiger charge is 2.30. The quantitative estimate of drug-likeness (QED) is 0.602. The summed E-state index contributed by atoms with van der Waals surface area (Å²) in [5.74, 6) is 0.604. The fourth-order valence-electron chi connectivity index (χ4n) is 3.07. The normalized spacial score (nSPS) is 16.8. The number of hydrogen-bond acceptors (Lipinski definition) is 6. The average molecular weight is 347 g/mol. The Balaban J connectivity index is 1.59. The molecule has 25 heavy (non-hydrogen) atoms. The van der Waals surface area contributed by atoms with E-state index in [-0.39, 0.29) is 11.7 Å². The smallest absolute Gasteiger partial charge is 0.390 e. The zero-order chi connectivity index (χ0) is 18.0. The van der Waals surface area contributed by atoms with Crippen LogP contribution in [0.5, 0.6) is 0 Å². The van der Waals surface area contributed by atoms with Crippen LogP contribution in [0.2, 0.25) is 0 Å². The largest absolute Gasteiger partial charge is 0.468 e. The first-order chi connectivity index (χ1) is 12.0. The standard InChI is InChI=1S/C16H21N5O4/c1-12-10-15(21(23)24)17-20(12)13(2)16(22)19-7-5-18(6-8-19)11-14-4-3-9-25-14/h3-4,9-10,13H,5-8,11H2,1-2H3. The number of nitrogens with zero attached hydrogens (tertiary/aromatic N) is 5. The van der Waals surface area contributed by atoms with Crippen molar-refractivity contribution in [3.05, 3.63) is 46.0 Å². The second-order valence-electron chi connectivity index (χ2n) is 6.20. The third-order valence-electron chi connectivity index (χ3n) is 4.46. The number of piperazine rings is 1. The van der Waals surface area contributed by atoms with Crippen molar-refractivity contribution in [1.29, 1.82) is 0 Å². The van der Waals surface area contributed by atoms with Gasteiger partial charge in [-0.25, -0.2) is 0 Å². The monoisotopic (exact) mass is 347 g/mol. The van der Waals surface area contributed by atoms with E-state index in [1.165, 1.54) is 10.7 Å². The molecule has 1 saturated heterocycles. The van der Waals surface area contributed by atoms with E-state index in [2.05, 4.69) is 10.00 Å². The van der Waals surface area contributed by atoms with Crippen molar-refractivity contribution in [3.63, 3.8) is 0 Å². The Morgan fingerprint density at radius 2 is 2.12 bits per heavy atom. The fourth-order valence-corrected chi connectivity index (χ4v) is 3.07. The van der Waals surface area contributed by atoms with Gasteiger partial charge in [-0.3, -0.25) is 9.69 Å². The zero-order valence-corrected chi connectivity index (χ0v) is 14.3. The highest BCUT2D eigenvalue weighted by molar-refractivity contribution is 5.80. The molecule has 3 rings (SSSR count). The van der Waals surface area contributed by atoms with Gasteiger partial charge in [-0.1, -0.05) is 0 Å². The molecular weight excluding hydrogens is 326 g/mol. The minimum absolute atomic E-state index is 0.0706. The van der Waals surface area contributed by atoms with Crippen molar-refractivity contribution < 1.29 is 14.1 Å². The molecule has 2 aromatic heterocycles. The summed E-state index contributed by atoms with van der Waals surface area (Å²) < 4.78 is 6.78. The van der Waals surface area contributed by atoms with E-state index in [1.54, 1.807) is 25.0 Å². The van der Waals surface area contributed by atoms with Gasteiger partial charge in [-0.15, -0.1) is 0 Å². The highest BCUT2D eigenvalue weighted by Crippen LogP contribution is 2.19. The second-order valence-corrected chi connectivity index (χ2v) is 6.20. The predicted molar refractivity (Wildman–Crippen MR) is 88.9 cm³/mol. The third kappa shape index (κ3) is 3.71. The summed E-state index contributed by atoms with van der Waals surface area (Å²) in [6.07, 6.45) is 1.66. The van der Waals surface area contributed by atoms with E-state index in [9.17, 15) is 14.9 Å². The first kappa shape index (κ1) is 17.2. The van der Waals surface area contributed by atoms with Crippen molar-refractivity contribution in [2.45, 2.75) is 26.4 Å². The Labute approximate surface area is 145 Å². The number of amides is 1. The molecule has 9 nitrogen and oxygen atoms in total. The molecule has 0 N–H and O–H groups in total. The molecule has 134 valence electrons. The average Bonchev–Trinajstić information content (AvgIpc) is 3.24. The first-order valence-electron chi connectivity index (χ1n) is 8.20. The number of hydrogen-bond donors (Lipinski definition) is 0. The van der Waals surface area contributed by atoms with Gasteiger partial charge in [-0.2, -0.15) is 4.68 Å². The number of nitro groups is 1. The van der Waals surface area contributed by atoms with Crippen molar-refractivity contribution in [2.24, 2.45) is 0 Å². The summed E-state index contributed by atoms with van der Waals surface area (Å²) in [4.78, 5) is 27.0. The maximum absolute atomic E-state index is 12.7. The number of aromatic nitrogens is 2. The molecule has 0 radical (unpaired) electrons. The lowest BCUT2D eigenvalue weighted by Gasteiger charge is -2.35. The van der Waals surface area contributed by atoms with E-state index in [1.807, 2.05) is 12.1 Å². The van der Waals surface area contributed by atoms with Crippen LogP contribution in [0.25, 0.3) is 0 Å². The molecule has 1 amide bonds. The van der Waals surface area contributed by atoms with Gasteiger partial charge in [0.25, 0.3) is 0 Å². The Morgan fingerprint density at radius 1 is 1.40 bits per heavy atom. The van der Waals surface area contributed by atoms with Gasteiger partial charge in [0.15, 0.2) is 0 Å². The molecule has 0 saturated carbocycles. The molecule has 3 heterocycles. The predicted octanol–water partition coefficient (Wildman–Crippen LogP) is 1.60. The van der Waals surface area contributed by atoms with Crippen LogP contribution >= 0.6 is 0 Å². The molecule has 2 aromatic rings. The number of carbonyl (C=O) groups excluding carboxylic acids is 1. The van der Waals surface area contributed by atoms with E-state index < -0.39 is 11.0 Å². The Morgan fingerprint density at radius 3 is 2.68 bits per heavy atom. The summed E-state index contributed by atoms with van der Waals surface area (Å²) in [5.41, 5.74) is 0.601. The summed E-state index contributed by atoms with van der Waals surface area (Å²) in [5, 5.41) is 14.8. The van der Waals surface area contributed by atoms with E-state index >= 15 is 0 Å². The molecule has 1 unspecified atom stereocenters. The Kier molecular flexibility index (Phi) is 4.84. The third-order valence-corrected chi connectivity index (χ3v) is 4.46. The lowest BCUT2D eigenvalue weighted by Crippen LogP contribution is -2.50. The zero-order valence-electron chi connectivity index (χ0n) is 14.3. The molecule has 0 bridgehead atoms. The number of furan rings is 1. The van der Waals surface area contributed by atoms with Crippen molar-refractivity contribution in [3.8, 4) is 0 Å². The van der Waals surface area contributed by atoms with Crippen LogP contribution in [0, 0.1) is 17.0 Å². The minimum Gasteiger partial charge on any atom is -0.468 e.